The van der Waals surface area contributed by atoms with E-state index in [1.807, 2.05) is 36.4 Å². The first-order valence-electron chi connectivity index (χ1n) is 5.49. The fraction of sp³-hybridized carbons (Fsp3) is 0.154. The van der Waals surface area contributed by atoms with Crippen LogP contribution in [-0.4, -0.2) is 5.91 Å². The van der Waals surface area contributed by atoms with Gasteiger partial charge in [0.15, 0.2) is 3.77 Å². The molecule has 0 saturated carbocycles. The van der Waals surface area contributed by atoms with Gasteiger partial charge < -0.3 is 15.1 Å². The van der Waals surface area contributed by atoms with E-state index < -0.39 is 0 Å². The second-order valence-corrected chi connectivity index (χ2v) is 4.88. The lowest BCUT2D eigenvalue weighted by Gasteiger charge is -2.06. The van der Waals surface area contributed by atoms with E-state index in [0.29, 0.717) is 6.54 Å². The number of hydrogen-bond donors (Lipinski definition) is 2. The van der Waals surface area contributed by atoms with Gasteiger partial charge in [-0.1, -0.05) is 0 Å². The molecule has 1 heterocycles. The molecule has 1 aromatic heterocycles. The van der Waals surface area contributed by atoms with E-state index >= 15 is 0 Å². The standard InChI is InChI=1S/C13H13IN2O2/c1-9(17)16-11-4-2-10(3-5-11)15-8-12-6-7-13(14)18-12/h2-7,15H,8H2,1H3,(H,16,17). The maximum absolute atomic E-state index is 10.9. The van der Waals surface area contributed by atoms with Gasteiger partial charge in [0.05, 0.1) is 6.54 Å². The molecule has 2 N–H and O–H groups in total. The number of halogens is 1. The number of nitrogens with one attached hydrogen (secondary N) is 2. The van der Waals surface area contributed by atoms with Crippen molar-refractivity contribution < 1.29 is 9.21 Å². The Kier molecular flexibility index (Phi) is 4.24. The second-order valence-electron chi connectivity index (χ2n) is 3.82. The number of amides is 1. The van der Waals surface area contributed by atoms with Crippen LogP contribution in [0.2, 0.25) is 0 Å². The summed E-state index contributed by atoms with van der Waals surface area (Å²) in [4.78, 5) is 10.9. The van der Waals surface area contributed by atoms with Crippen LogP contribution in [0.15, 0.2) is 40.8 Å². The number of carbonyl (C=O) groups is 1. The number of furan rings is 1. The first-order chi connectivity index (χ1) is 8.63. The van der Waals surface area contributed by atoms with Gasteiger partial charge in [0.25, 0.3) is 0 Å². The fourth-order valence-corrected chi connectivity index (χ4v) is 1.97. The number of rotatable bonds is 4. The summed E-state index contributed by atoms with van der Waals surface area (Å²) in [7, 11) is 0. The smallest absolute Gasteiger partial charge is 0.221 e. The van der Waals surface area contributed by atoms with Gasteiger partial charge in [-0.2, -0.15) is 0 Å². The van der Waals surface area contributed by atoms with Crippen LogP contribution < -0.4 is 10.6 Å². The van der Waals surface area contributed by atoms with Crippen molar-refractivity contribution in [2.24, 2.45) is 0 Å². The monoisotopic (exact) mass is 356 g/mol. The molecular weight excluding hydrogens is 343 g/mol. The summed E-state index contributed by atoms with van der Waals surface area (Å²) in [5.74, 6) is 0.825. The highest BCUT2D eigenvalue weighted by Gasteiger charge is 2.00. The van der Waals surface area contributed by atoms with E-state index in [9.17, 15) is 4.79 Å². The highest BCUT2D eigenvalue weighted by atomic mass is 127. The van der Waals surface area contributed by atoms with Crippen LogP contribution in [0.25, 0.3) is 0 Å². The van der Waals surface area contributed by atoms with Crippen LogP contribution in [0.4, 0.5) is 11.4 Å². The lowest BCUT2D eigenvalue weighted by molar-refractivity contribution is -0.114. The Hall–Kier alpha value is -1.50. The minimum atomic E-state index is -0.0686. The number of hydrogen-bond acceptors (Lipinski definition) is 3. The number of carbonyl (C=O) groups excluding carboxylic acids is 1. The molecule has 1 aromatic carbocycles. The summed E-state index contributed by atoms with van der Waals surface area (Å²) in [6.45, 7) is 2.13. The molecule has 4 nitrogen and oxygen atoms in total. The SMILES string of the molecule is CC(=O)Nc1ccc(NCc2ccc(I)o2)cc1. The van der Waals surface area contributed by atoms with Crippen molar-refractivity contribution in [2.75, 3.05) is 10.6 Å². The third kappa shape index (κ3) is 3.76. The average Bonchev–Trinajstić information content (AvgIpc) is 2.74. The Labute approximate surface area is 119 Å². The van der Waals surface area contributed by atoms with Crippen LogP contribution in [0.5, 0.6) is 0 Å². The van der Waals surface area contributed by atoms with E-state index in [1.54, 1.807) is 0 Å². The molecule has 18 heavy (non-hydrogen) atoms. The maximum atomic E-state index is 10.9. The van der Waals surface area contributed by atoms with Crippen molar-refractivity contribution in [3.8, 4) is 0 Å². The van der Waals surface area contributed by atoms with Gasteiger partial charge in [-0.3, -0.25) is 4.79 Å². The largest absolute Gasteiger partial charge is 0.454 e. The summed E-state index contributed by atoms with van der Waals surface area (Å²) in [6.07, 6.45) is 0. The Morgan fingerprint density at radius 1 is 1.17 bits per heavy atom. The van der Waals surface area contributed by atoms with Gasteiger partial charge in [-0.05, 0) is 59.0 Å². The quantitative estimate of drug-likeness (QED) is 0.825. The van der Waals surface area contributed by atoms with Gasteiger partial charge in [0.2, 0.25) is 5.91 Å². The zero-order valence-electron chi connectivity index (χ0n) is 9.87. The summed E-state index contributed by atoms with van der Waals surface area (Å²) < 4.78 is 6.33. The topological polar surface area (TPSA) is 54.3 Å². The number of anilines is 2. The maximum Gasteiger partial charge on any atom is 0.221 e. The molecule has 2 rings (SSSR count). The number of benzene rings is 1. The molecule has 2 aromatic rings. The third-order valence-electron chi connectivity index (χ3n) is 2.30. The van der Waals surface area contributed by atoms with Gasteiger partial charge in [0, 0.05) is 18.3 Å². The molecule has 0 saturated heterocycles. The Morgan fingerprint density at radius 3 is 2.39 bits per heavy atom. The van der Waals surface area contributed by atoms with E-state index in [2.05, 4.69) is 33.2 Å². The molecule has 94 valence electrons. The minimum absolute atomic E-state index is 0.0686. The predicted molar refractivity (Wildman–Crippen MR) is 79.5 cm³/mol. The molecule has 0 radical (unpaired) electrons. The minimum Gasteiger partial charge on any atom is -0.454 e. The molecular formula is C13H13IN2O2. The van der Waals surface area contributed by atoms with E-state index in [-0.39, 0.29) is 5.91 Å². The molecule has 0 bridgehead atoms. The van der Waals surface area contributed by atoms with Gasteiger partial charge >= 0.3 is 0 Å². The average molecular weight is 356 g/mol. The molecule has 0 aliphatic heterocycles. The molecule has 5 heteroatoms. The van der Waals surface area contributed by atoms with E-state index in [0.717, 1.165) is 20.9 Å². The van der Waals surface area contributed by atoms with E-state index in [4.69, 9.17) is 4.42 Å². The second kappa shape index (κ2) is 5.90. The van der Waals surface area contributed by atoms with Crippen LogP contribution in [0, 0.1) is 3.77 Å². The zero-order valence-corrected chi connectivity index (χ0v) is 12.0. The first-order valence-corrected chi connectivity index (χ1v) is 6.57. The molecule has 0 fully saturated rings. The molecule has 0 atom stereocenters. The Bertz CT molecular complexity index is 534. The van der Waals surface area contributed by atoms with Crippen molar-refractivity contribution in [3.63, 3.8) is 0 Å². The van der Waals surface area contributed by atoms with Crippen molar-refractivity contribution in [1.82, 2.24) is 0 Å². The predicted octanol–water partition coefficient (Wildman–Crippen LogP) is 3.45. The van der Waals surface area contributed by atoms with Gasteiger partial charge in [-0.15, -0.1) is 0 Å². The van der Waals surface area contributed by atoms with Crippen molar-refractivity contribution in [2.45, 2.75) is 13.5 Å². The summed E-state index contributed by atoms with van der Waals surface area (Å²) in [5, 5.41) is 5.97. The highest BCUT2D eigenvalue weighted by molar-refractivity contribution is 14.1. The molecule has 0 unspecified atom stereocenters. The lowest BCUT2D eigenvalue weighted by atomic mass is 10.2. The summed E-state index contributed by atoms with van der Waals surface area (Å²) in [5.41, 5.74) is 1.77. The summed E-state index contributed by atoms with van der Waals surface area (Å²) >= 11 is 2.14. The van der Waals surface area contributed by atoms with Crippen LogP contribution >= 0.6 is 22.6 Å². The van der Waals surface area contributed by atoms with Crippen molar-refractivity contribution >= 4 is 39.9 Å². The zero-order chi connectivity index (χ0) is 13.0. The van der Waals surface area contributed by atoms with Crippen LogP contribution in [-0.2, 0) is 11.3 Å². The molecule has 1 amide bonds. The fourth-order valence-electron chi connectivity index (χ4n) is 1.51. The molecule has 0 aliphatic carbocycles. The summed E-state index contributed by atoms with van der Waals surface area (Å²) in [6, 6.07) is 11.4. The third-order valence-corrected chi connectivity index (χ3v) is 2.88. The first kappa shape index (κ1) is 12.9. The van der Waals surface area contributed by atoms with Gasteiger partial charge in [-0.25, -0.2) is 0 Å². The molecule has 0 aliphatic rings. The van der Waals surface area contributed by atoms with E-state index in [1.165, 1.54) is 6.92 Å². The Balaban J connectivity index is 1.92. The Morgan fingerprint density at radius 2 is 1.83 bits per heavy atom. The van der Waals surface area contributed by atoms with Crippen molar-refractivity contribution in [3.05, 3.63) is 45.9 Å². The highest BCUT2D eigenvalue weighted by Crippen LogP contribution is 2.16. The lowest BCUT2D eigenvalue weighted by Crippen LogP contribution is -2.05. The van der Waals surface area contributed by atoms with Crippen molar-refractivity contribution in [1.29, 1.82) is 0 Å². The van der Waals surface area contributed by atoms with Crippen LogP contribution in [0.1, 0.15) is 12.7 Å². The van der Waals surface area contributed by atoms with Crippen LogP contribution in [0.3, 0.4) is 0 Å². The molecule has 0 spiro atoms. The normalized spacial score (nSPS) is 10.1. The van der Waals surface area contributed by atoms with Gasteiger partial charge in [0.1, 0.15) is 5.76 Å².